The first kappa shape index (κ1) is 25.3. The summed E-state index contributed by atoms with van der Waals surface area (Å²) < 4.78 is 30.3. The summed E-state index contributed by atoms with van der Waals surface area (Å²) in [5.41, 5.74) is 2.04. The predicted octanol–water partition coefficient (Wildman–Crippen LogP) is 6.72. The molecular weight excluding hydrogens is 507 g/mol. The highest BCUT2D eigenvalue weighted by Crippen LogP contribution is 2.33. The fourth-order valence-electron chi connectivity index (χ4n) is 3.08. The quantitative estimate of drug-likeness (QED) is 0.180. The molecule has 7 nitrogen and oxygen atoms in total. The van der Waals surface area contributed by atoms with E-state index >= 15 is 0 Å². The smallest absolute Gasteiger partial charge is 0.342 e. The Morgan fingerprint density at radius 2 is 1.81 bits per heavy atom. The van der Waals surface area contributed by atoms with Crippen LogP contribution in [0.1, 0.15) is 18.1 Å². The van der Waals surface area contributed by atoms with Crippen LogP contribution in [0.3, 0.4) is 0 Å². The van der Waals surface area contributed by atoms with Gasteiger partial charge in [0.2, 0.25) is 5.89 Å². The number of hydrogen-bond acceptors (Lipinski definition) is 7. The minimum Gasteiger partial charge on any atom is -0.490 e. The van der Waals surface area contributed by atoms with Crippen LogP contribution >= 0.6 is 23.4 Å². The Morgan fingerprint density at radius 1 is 1.06 bits per heavy atom. The number of rotatable bonds is 10. The fraction of sp³-hybridized carbons (Fsp3) is 0.115. The van der Waals surface area contributed by atoms with E-state index in [1.54, 1.807) is 54.6 Å². The van der Waals surface area contributed by atoms with Gasteiger partial charge in [-0.25, -0.2) is 9.18 Å². The molecule has 0 saturated carbocycles. The highest BCUT2D eigenvalue weighted by molar-refractivity contribution is 8.03. The molecule has 3 aromatic carbocycles. The minimum absolute atomic E-state index is 0.0243. The molecule has 0 fully saturated rings. The number of carbonyl (C=O) groups is 1. The molecule has 0 saturated heterocycles. The summed E-state index contributed by atoms with van der Waals surface area (Å²) in [6.07, 6.45) is 1.48. The number of aliphatic carboxylic acids is 1. The van der Waals surface area contributed by atoms with E-state index in [9.17, 15) is 14.3 Å². The predicted molar refractivity (Wildman–Crippen MR) is 135 cm³/mol. The van der Waals surface area contributed by atoms with Crippen molar-refractivity contribution in [2.75, 3.05) is 6.61 Å². The van der Waals surface area contributed by atoms with Crippen molar-refractivity contribution in [3.63, 3.8) is 0 Å². The second kappa shape index (κ2) is 11.7. The minimum atomic E-state index is -1.15. The van der Waals surface area contributed by atoms with Gasteiger partial charge in [-0.05, 0) is 84.4 Å². The molecule has 0 spiro atoms. The van der Waals surface area contributed by atoms with Gasteiger partial charge in [0.05, 0.1) is 6.61 Å². The SMILES string of the molecule is CCOc1cc(/C=C(\Sc2nnc(-c3ccc(Cl)cc3)o2)C(=O)O)ccc1OCc1ccc(F)cc1. The molecule has 0 aliphatic carbocycles. The van der Waals surface area contributed by atoms with Crippen LogP contribution in [0.4, 0.5) is 4.39 Å². The lowest BCUT2D eigenvalue weighted by atomic mass is 10.2. The molecule has 0 unspecified atom stereocenters. The zero-order valence-corrected chi connectivity index (χ0v) is 20.6. The Hall–Kier alpha value is -3.82. The third-order valence-electron chi connectivity index (χ3n) is 4.78. The first-order valence-electron chi connectivity index (χ1n) is 10.8. The average molecular weight is 527 g/mol. The molecule has 0 aliphatic heterocycles. The van der Waals surface area contributed by atoms with Crippen LogP contribution in [0.2, 0.25) is 5.02 Å². The van der Waals surface area contributed by atoms with Crippen molar-refractivity contribution >= 4 is 35.4 Å². The van der Waals surface area contributed by atoms with Gasteiger partial charge in [-0.2, -0.15) is 0 Å². The number of halogens is 2. The maximum atomic E-state index is 13.1. The molecule has 1 aromatic heterocycles. The monoisotopic (exact) mass is 526 g/mol. The van der Waals surface area contributed by atoms with Gasteiger partial charge in [0.1, 0.15) is 17.3 Å². The Kier molecular flexibility index (Phi) is 8.24. The largest absolute Gasteiger partial charge is 0.490 e. The zero-order chi connectivity index (χ0) is 25.5. The van der Waals surface area contributed by atoms with Gasteiger partial charge < -0.3 is 19.0 Å². The van der Waals surface area contributed by atoms with Gasteiger partial charge in [-0.3, -0.25) is 0 Å². The van der Waals surface area contributed by atoms with Crippen molar-refractivity contribution in [3.05, 3.63) is 93.6 Å². The summed E-state index contributed by atoms with van der Waals surface area (Å²) in [6, 6.07) is 17.9. The Bertz CT molecular complexity index is 1370. The summed E-state index contributed by atoms with van der Waals surface area (Å²) in [4.78, 5) is 11.9. The van der Waals surface area contributed by atoms with Gasteiger partial charge in [0.15, 0.2) is 11.5 Å². The van der Waals surface area contributed by atoms with Crippen LogP contribution in [-0.2, 0) is 11.4 Å². The van der Waals surface area contributed by atoms with Crippen LogP contribution in [0.25, 0.3) is 17.5 Å². The molecule has 36 heavy (non-hydrogen) atoms. The summed E-state index contributed by atoms with van der Waals surface area (Å²) in [7, 11) is 0. The van der Waals surface area contributed by atoms with E-state index in [4.69, 9.17) is 25.5 Å². The van der Waals surface area contributed by atoms with Gasteiger partial charge in [-0.1, -0.05) is 29.8 Å². The molecule has 1 heterocycles. The first-order valence-corrected chi connectivity index (χ1v) is 12.0. The fourth-order valence-corrected chi connectivity index (χ4v) is 3.88. The van der Waals surface area contributed by atoms with E-state index in [1.165, 1.54) is 18.2 Å². The third kappa shape index (κ3) is 6.65. The van der Waals surface area contributed by atoms with Crippen molar-refractivity contribution in [1.29, 1.82) is 0 Å². The van der Waals surface area contributed by atoms with Crippen LogP contribution in [-0.4, -0.2) is 27.9 Å². The molecule has 10 heteroatoms. The lowest BCUT2D eigenvalue weighted by Gasteiger charge is -2.13. The lowest BCUT2D eigenvalue weighted by Crippen LogP contribution is -2.00. The van der Waals surface area contributed by atoms with E-state index in [1.807, 2.05) is 6.92 Å². The van der Waals surface area contributed by atoms with Crippen molar-refractivity contribution in [2.45, 2.75) is 18.8 Å². The number of carboxylic acid groups (broad SMARTS) is 1. The van der Waals surface area contributed by atoms with Gasteiger partial charge in [0.25, 0.3) is 5.22 Å². The van der Waals surface area contributed by atoms with Crippen molar-refractivity contribution in [1.82, 2.24) is 10.2 Å². The summed E-state index contributed by atoms with van der Waals surface area (Å²) in [5.74, 6) is -0.293. The average Bonchev–Trinajstić information content (AvgIpc) is 3.33. The Balaban J connectivity index is 1.52. The number of ether oxygens (including phenoxy) is 2. The van der Waals surface area contributed by atoms with E-state index in [2.05, 4.69) is 10.2 Å². The molecule has 0 aliphatic rings. The Labute approximate surface area is 215 Å². The van der Waals surface area contributed by atoms with Crippen molar-refractivity contribution in [3.8, 4) is 23.0 Å². The normalized spacial score (nSPS) is 11.4. The number of hydrogen-bond donors (Lipinski definition) is 1. The van der Waals surface area contributed by atoms with Gasteiger partial charge >= 0.3 is 5.97 Å². The summed E-state index contributed by atoms with van der Waals surface area (Å²) in [6.45, 7) is 2.44. The second-order valence-corrected chi connectivity index (χ2v) is 8.78. The summed E-state index contributed by atoms with van der Waals surface area (Å²) >= 11 is 6.74. The molecule has 4 aromatic rings. The van der Waals surface area contributed by atoms with Crippen LogP contribution in [0.15, 0.2) is 81.3 Å². The number of benzene rings is 3. The lowest BCUT2D eigenvalue weighted by molar-refractivity contribution is -0.131. The van der Waals surface area contributed by atoms with Crippen molar-refractivity contribution in [2.24, 2.45) is 0 Å². The topological polar surface area (TPSA) is 94.7 Å². The highest BCUT2D eigenvalue weighted by Gasteiger charge is 2.17. The number of thioether (sulfide) groups is 1. The first-order chi connectivity index (χ1) is 17.4. The van der Waals surface area contributed by atoms with E-state index in [0.717, 1.165) is 17.3 Å². The Morgan fingerprint density at radius 3 is 2.50 bits per heavy atom. The van der Waals surface area contributed by atoms with Gasteiger partial charge in [-0.15, -0.1) is 10.2 Å². The summed E-state index contributed by atoms with van der Waals surface area (Å²) in [5, 5.41) is 18.3. The third-order valence-corrected chi connectivity index (χ3v) is 5.88. The molecule has 0 atom stereocenters. The number of aromatic nitrogens is 2. The molecular formula is C26H20ClFN2O5S. The molecule has 4 rings (SSSR count). The van der Waals surface area contributed by atoms with Crippen LogP contribution < -0.4 is 9.47 Å². The molecule has 184 valence electrons. The maximum Gasteiger partial charge on any atom is 0.342 e. The van der Waals surface area contributed by atoms with E-state index in [0.29, 0.717) is 34.3 Å². The standard InChI is InChI=1S/C26H20ClFN2O5S/c1-2-33-22-13-17(5-12-21(22)34-15-16-3-10-20(28)11-4-16)14-23(25(31)32)36-26-30-29-24(35-26)18-6-8-19(27)9-7-18/h3-14H,2,15H2,1H3,(H,31,32)/b23-14-. The maximum absolute atomic E-state index is 13.1. The van der Waals surface area contributed by atoms with E-state index < -0.39 is 5.97 Å². The van der Waals surface area contributed by atoms with E-state index in [-0.39, 0.29) is 28.4 Å². The van der Waals surface area contributed by atoms with Gasteiger partial charge in [0, 0.05) is 10.6 Å². The second-order valence-electron chi connectivity index (χ2n) is 7.35. The molecule has 1 N–H and O–H groups in total. The van der Waals surface area contributed by atoms with Crippen LogP contribution in [0.5, 0.6) is 11.5 Å². The number of nitrogens with zero attached hydrogens (tertiary/aromatic N) is 2. The molecule has 0 amide bonds. The molecule has 0 bridgehead atoms. The zero-order valence-electron chi connectivity index (χ0n) is 19.0. The van der Waals surface area contributed by atoms with Crippen molar-refractivity contribution < 1.29 is 28.2 Å². The highest BCUT2D eigenvalue weighted by atomic mass is 35.5. The number of carboxylic acids is 1. The van der Waals surface area contributed by atoms with Crippen LogP contribution in [0, 0.1) is 5.82 Å². The molecule has 0 radical (unpaired) electrons.